The second kappa shape index (κ2) is 7.70. The molecule has 0 aliphatic heterocycles. The van der Waals surface area contributed by atoms with Gasteiger partial charge in [-0.25, -0.2) is 9.18 Å². The Balaban J connectivity index is 1.89. The molecule has 1 amide bonds. The van der Waals surface area contributed by atoms with Gasteiger partial charge in [-0.05, 0) is 42.8 Å². The normalized spacial score (nSPS) is 10.3. The Hall–Kier alpha value is -3.67. The molecule has 3 aromatic rings. The quantitative estimate of drug-likeness (QED) is 0.676. The van der Waals surface area contributed by atoms with Gasteiger partial charge in [0.1, 0.15) is 17.3 Å². The smallest absolute Gasteiger partial charge is 0.337 e. The van der Waals surface area contributed by atoms with Gasteiger partial charge in [-0.15, -0.1) is 0 Å². The van der Waals surface area contributed by atoms with Crippen molar-refractivity contribution >= 4 is 17.6 Å². The molecule has 0 aliphatic rings. The molecular formula is C21H16FNO4. The number of halogens is 1. The number of amides is 1. The monoisotopic (exact) mass is 365 g/mol. The minimum absolute atomic E-state index is 0.0817. The first kappa shape index (κ1) is 18.1. The summed E-state index contributed by atoms with van der Waals surface area (Å²) in [4.78, 5) is 23.8. The van der Waals surface area contributed by atoms with Crippen LogP contribution in [0.4, 0.5) is 10.1 Å². The SMILES string of the molecule is Cc1ccc(Oc2ccc(C(=O)O)c(NC(=O)c3ccccc3)c2)cc1F. The topological polar surface area (TPSA) is 75.6 Å². The predicted molar refractivity (Wildman–Crippen MR) is 99.0 cm³/mol. The third-order valence-corrected chi connectivity index (χ3v) is 3.88. The van der Waals surface area contributed by atoms with Gasteiger partial charge in [-0.1, -0.05) is 24.3 Å². The van der Waals surface area contributed by atoms with Crippen LogP contribution in [0.25, 0.3) is 0 Å². The van der Waals surface area contributed by atoms with Gasteiger partial charge in [0.2, 0.25) is 0 Å². The van der Waals surface area contributed by atoms with Gasteiger partial charge >= 0.3 is 5.97 Å². The molecule has 0 aliphatic carbocycles. The third kappa shape index (κ3) is 4.30. The molecule has 0 bridgehead atoms. The van der Waals surface area contributed by atoms with Crippen molar-refractivity contribution in [2.24, 2.45) is 0 Å². The fourth-order valence-electron chi connectivity index (χ4n) is 2.43. The summed E-state index contributed by atoms with van der Waals surface area (Å²) in [6.07, 6.45) is 0. The standard InChI is InChI=1S/C21H16FNO4/c1-13-7-8-15(11-18(13)22)27-16-9-10-17(21(25)26)19(12-16)23-20(24)14-5-3-2-4-6-14/h2-12H,1H3,(H,23,24)(H,25,26). The van der Waals surface area contributed by atoms with Crippen LogP contribution in [0.1, 0.15) is 26.3 Å². The third-order valence-electron chi connectivity index (χ3n) is 3.88. The van der Waals surface area contributed by atoms with Crippen LogP contribution in [0.2, 0.25) is 0 Å². The van der Waals surface area contributed by atoms with Crippen molar-refractivity contribution in [2.45, 2.75) is 6.92 Å². The zero-order chi connectivity index (χ0) is 19.4. The van der Waals surface area contributed by atoms with Crippen molar-refractivity contribution in [1.29, 1.82) is 0 Å². The molecular weight excluding hydrogens is 349 g/mol. The summed E-state index contributed by atoms with van der Waals surface area (Å²) in [5.74, 6) is -1.51. The molecule has 0 fully saturated rings. The highest BCUT2D eigenvalue weighted by Crippen LogP contribution is 2.28. The number of aryl methyl sites for hydroxylation is 1. The molecule has 0 unspecified atom stereocenters. The number of aromatic carboxylic acids is 1. The number of benzene rings is 3. The van der Waals surface area contributed by atoms with E-state index < -0.39 is 17.7 Å². The van der Waals surface area contributed by atoms with Crippen LogP contribution in [0.15, 0.2) is 66.7 Å². The fraction of sp³-hybridized carbons (Fsp3) is 0.0476. The number of ether oxygens (including phenoxy) is 1. The fourth-order valence-corrected chi connectivity index (χ4v) is 2.43. The Kier molecular flexibility index (Phi) is 5.17. The van der Waals surface area contributed by atoms with E-state index in [-0.39, 0.29) is 22.7 Å². The van der Waals surface area contributed by atoms with Crippen molar-refractivity contribution in [3.8, 4) is 11.5 Å². The number of carbonyl (C=O) groups excluding carboxylic acids is 1. The number of carboxylic acid groups (broad SMARTS) is 1. The van der Waals surface area contributed by atoms with Crippen molar-refractivity contribution in [2.75, 3.05) is 5.32 Å². The summed E-state index contributed by atoms with van der Waals surface area (Å²) in [5, 5.41) is 11.9. The molecule has 0 atom stereocenters. The summed E-state index contributed by atoms with van der Waals surface area (Å²) in [5.41, 5.74) is 0.878. The van der Waals surface area contributed by atoms with Gasteiger partial charge in [0.25, 0.3) is 5.91 Å². The van der Waals surface area contributed by atoms with E-state index in [2.05, 4.69) is 5.32 Å². The van der Waals surface area contributed by atoms with Gasteiger partial charge in [0, 0.05) is 17.7 Å². The number of carboxylic acids is 1. The number of hydrogen-bond donors (Lipinski definition) is 2. The number of rotatable bonds is 5. The van der Waals surface area contributed by atoms with E-state index >= 15 is 0 Å². The molecule has 3 aromatic carbocycles. The first-order chi connectivity index (χ1) is 12.9. The van der Waals surface area contributed by atoms with Crippen LogP contribution in [-0.2, 0) is 0 Å². The molecule has 0 aromatic heterocycles. The van der Waals surface area contributed by atoms with Crippen LogP contribution in [0.3, 0.4) is 0 Å². The molecule has 0 spiro atoms. The maximum Gasteiger partial charge on any atom is 0.337 e. The van der Waals surface area contributed by atoms with Crippen molar-refractivity contribution < 1.29 is 23.8 Å². The Morgan fingerprint density at radius 1 is 0.963 bits per heavy atom. The Bertz CT molecular complexity index is 1000. The zero-order valence-electron chi connectivity index (χ0n) is 14.4. The Labute approximate surface area is 155 Å². The van der Waals surface area contributed by atoms with E-state index in [1.165, 1.54) is 24.3 Å². The van der Waals surface area contributed by atoms with E-state index in [0.717, 1.165) is 0 Å². The molecule has 6 heteroatoms. The largest absolute Gasteiger partial charge is 0.478 e. The van der Waals surface area contributed by atoms with Gasteiger partial charge < -0.3 is 15.2 Å². The van der Waals surface area contributed by atoms with Crippen molar-refractivity contribution in [1.82, 2.24) is 0 Å². The molecule has 0 saturated heterocycles. The van der Waals surface area contributed by atoms with Crippen LogP contribution in [-0.4, -0.2) is 17.0 Å². The lowest BCUT2D eigenvalue weighted by Gasteiger charge is -2.12. The molecule has 27 heavy (non-hydrogen) atoms. The van der Waals surface area contributed by atoms with Gasteiger partial charge in [-0.2, -0.15) is 0 Å². The number of anilines is 1. The van der Waals surface area contributed by atoms with E-state index in [0.29, 0.717) is 11.1 Å². The molecule has 2 N–H and O–H groups in total. The van der Waals surface area contributed by atoms with Crippen LogP contribution in [0, 0.1) is 12.7 Å². The molecule has 3 rings (SSSR count). The Morgan fingerprint density at radius 3 is 2.30 bits per heavy atom. The maximum atomic E-state index is 13.7. The van der Waals surface area contributed by atoms with E-state index in [9.17, 15) is 19.1 Å². The lowest BCUT2D eigenvalue weighted by Crippen LogP contribution is -2.14. The number of carbonyl (C=O) groups is 2. The molecule has 0 radical (unpaired) electrons. The summed E-state index contributed by atoms with van der Waals surface area (Å²) in [6.45, 7) is 1.64. The second-order valence-corrected chi connectivity index (χ2v) is 5.85. The highest BCUT2D eigenvalue weighted by molar-refractivity contribution is 6.07. The van der Waals surface area contributed by atoms with E-state index in [1.54, 1.807) is 49.4 Å². The van der Waals surface area contributed by atoms with Crippen LogP contribution in [0.5, 0.6) is 11.5 Å². The minimum Gasteiger partial charge on any atom is -0.478 e. The lowest BCUT2D eigenvalue weighted by molar-refractivity contribution is 0.0698. The summed E-state index contributed by atoms with van der Waals surface area (Å²) in [6, 6.07) is 17.0. The first-order valence-corrected chi connectivity index (χ1v) is 8.12. The maximum absolute atomic E-state index is 13.7. The average Bonchev–Trinajstić information content (AvgIpc) is 2.65. The Morgan fingerprint density at radius 2 is 1.63 bits per heavy atom. The number of hydrogen-bond acceptors (Lipinski definition) is 3. The minimum atomic E-state index is -1.19. The van der Waals surface area contributed by atoms with E-state index in [4.69, 9.17) is 4.74 Å². The van der Waals surface area contributed by atoms with Crippen molar-refractivity contribution in [3.63, 3.8) is 0 Å². The van der Waals surface area contributed by atoms with Crippen LogP contribution < -0.4 is 10.1 Å². The van der Waals surface area contributed by atoms with E-state index in [1.807, 2.05) is 0 Å². The lowest BCUT2D eigenvalue weighted by atomic mass is 10.1. The van der Waals surface area contributed by atoms with Gasteiger partial charge in [0.15, 0.2) is 0 Å². The summed E-state index contributed by atoms with van der Waals surface area (Å²) in [7, 11) is 0. The van der Waals surface area contributed by atoms with Crippen molar-refractivity contribution in [3.05, 3.63) is 89.2 Å². The highest BCUT2D eigenvalue weighted by atomic mass is 19.1. The molecule has 136 valence electrons. The molecule has 5 nitrogen and oxygen atoms in total. The highest BCUT2D eigenvalue weighted by Gasteiger charge is 2.15. The molecule has 0 saturated carbocycles. The zero-order valence-corrected chi connectivity index (χ0v) is 14.4. The van der Waals surface area contributed by atoms with Crippen LogP contribution >= 0.6 is 0 Å². The second-order valence-electron chi connectivity index (χ2n) is 5.85. The molecule has 0 heterocycles. The average molecular weight is 365 g/mol. The van der Waals surface area contributed by atoms with Gasteiger partial charge in [0.05, 0.1) is 11.3 Å². The predicted octanol–water partition coefficient (Wildman–Crippen LogP) is 4.88. The number of nitrogens with one attached hydrogen (secondary N) is 1. The summed E-state index contributed by atoms with van der Waals surface area (Å²) < 4.78 is 19.3. The first-order valence-electron chi connectivity index (χ1n) is 8.12. The summed E-state index contributed by atoms with van der Waals surface area (Å²) >= 11 is 0. The van der Waals surface area contributed by atoms with Gasteiger partial charge in [-0.3, -0.25) is 4.79 Å².